The molecule has 2 rings (SSSR count). The molecule has 0 aliphatic heterocycles. The van der Waals surface area contributed by atoms with E-state index in [4.69, 9.17) is 10.2 Å². The van der Waals surface area contributed by atoms with Gasteiger partial charge in [-0.05, 0) is 30.5 Å². The van der Waals surface area contributed by atoms with Crippen molar-refractivity contribution in [3.05, 3.63) is 30.5 Å². The third-order valence-corrected chi connectivity index (χ3v) is 2.54. The molecule has 2 N–H and O–H groups in total. The Kier molecular flexibility index (Phi) is 2.45. The number of furan rings is 1. The largest absolute Gasteiger partial charge is 0.463 e. The number of rotatable bonds is 2. The monoisotopic (exact) mass is 206 g/mol. The minimum Gasteiger partial charge on any atom is -0.463 e. The van der Waals surface area contributed by atoms with Gasteiger partial charge in [-0.15, -0.1) is 11.8 Å². The number of nitrogen functional groups attached to an aromatic ring is 1. The molecule has 0 aliphatic rings. The highest BCUT2D eigenvalue weighted by molar-refractivity contribution is 7.98. The molecule has 0 bridgehead atoms. The van der Waals surface area contributed by atoms with Crippen LogP contribution in [0.5, 0.6) is 0 Å². The van der Waals surface area contributed by atoms with E-state index in [-0.39, 0.29) is 0 Å². The molecule has 2 aromatic heterocycles. The van der Waals surface area contributed by atoms with Crippen LogP contribution in [-0.4, -0.2) is 11.2 Å². The van der Waals surface area contributed by atoms with E-state index in [9.17, 15) is 0 Å². The van der Waals surface area contributed by atoms with Crippen LogP contribution in [0.25, 0.3) is 11.5 Å². The highest BCUT2D eigenvalue weighted by atomic mass is 32.2. The highest BCUT2D eigenvalue weighted by Crippen LogP contribution is 2.24. The van der Waals surface area contributed by atoms with Crippen molar-refractivity contribution in [3.63, 3.8) is 0 Å². The number of aromatic nitrogens is 1. The third-order valence-electron chi connectivity index (χ3n) is 1.83. The van der Waals surface area contributed by atoms with Gasteiger partial charge in [-0.2, -0.15) is 0 Å². The molecule has 0 saturated carbocycles. The van der Waals surface area contributed by atoms with Crippen molar-refractivity contribution >= 4 is 17.6 Å². The lowest BCUT2D eigenvalue weighted by molar-refractivity contribution is 0.580. The maximum absolute atomic E-state index is 5.67. The van der Waals surface area contributed by atoms with Gasteiger partial charge in [-0.1, -0.05) is 0 Å². The number of hydrogen-bond donors (Lipinski definition) is 1. The lowest BCUT2D eigenvalue weighted by Gasteiger charge is -2.01. The van der Waals surface area contributed by atoms with E-state index in [1.807, 2.05) is 30.5 Å². The van der Waals surface area contributed by atoms with Crippen LogP contribution >= 0.6 is 11.8 Å². The Morgan fingerprint density at radius 2 is 2.29 bits per heavy atom. The van der Waals surface area contributed by atoms with E-state index in [2.05, 4.69) is 4.98 Å². The van der Waals surface area contributed by atoms with Crippen LogP contribution in [0, 0.1) is 0 Å². The fourth-order valence-electron chi connectivity index (χ4n) is 1.19. The first kappa shape index (κ1) is 9.15. The summed E-state index contributed by atoms with van der Waals surface area (Å²) in [6.07, 6.45) is 3.62. The van der Waals surface area contributed by atoms with Crippen LogP contribution in [0.1, 0.15) is 0 Å². The molecule has 0 amide bonds. The topological polar surface area (TPSA) is 52.0 Å². The highest BCUT2D eigenvalue weighted by Gasteiger charge is 2.04. The van der Waals surface area contributed by atoms with Crippen molar-refractivity contribution < 1.29 is 4.42 Å². The minimum atomic E-state index is 0.517. The van der Waals surface area contributed by atoms with Crippen molar-refractivity contribution in [2.24, 2.45) is 0 Å². The molecule has 2 heterocycles. The molecule has 0 fully saturated rings. The Morgan fingerprint density at radius 3 is 2.93 bits per heavy atom. The summed E-state index contributed by atoms with van der Waals surface area (Å²) in [6, 6.07) is 7.50. The van der Waals surface area contributed by atoms with Crippen molar-refractivity contribution in [1.29, 1.82) is 0 Å². The average molecular weight is 206 g/mol. The number of hydrogen-bond acceptors (Lipinski definition) is 4. The second-order valence-electron chi connectivity index (χ2n) is 2.79. The zero-order chi connectivity index (χ0) is 9.97. The molecule has 14 heavy (non-hydrogen) atoms. The van der Waals surface area contributed by atoms with Crippen LogP contribution in [-0.2, 0) is 0 Å². The molecule has 0 aliphatic carbocycles. The zero-order valence-electron chi connectivity index (χ0n) is 7.73. The van der Waals surface area contributed by atoms with Crippen LogP contribution in [0.4, 0.5) is 5.82 Å². The predicted octanol–water partition coefficient (Wildman–Crippen LogP) is 2.65. The number of pyridine rings is 1. The standard InChI is InChI=1S/C10H10N2OS/c1-14-7-5-8(12-10(11)6-7)9-3-2-4-13-9/h2-6H,1H3,(H2,11,12). The van der Waals surface area contributed by atoms with E-state index in [1.54, 1.807) is 18.0 Å². The summed E-state index contributed by atoms with van der Waals surface area (Å²) < 4.78 is 5.25. The summed E-state index contributed by atoms with van der Waals surface area (Å²) in [4.78, 5) is 5.28. The summed E-state index contributed by atoms with van der Waals surface area (Å²) in [5.41, 5.74) is 6.45. The normalized spacial score (nSPS) is 10.4. The summed E-state index contributed by atoms with van der Waals surface area (Å²) in [5, 5.41) is 0. The second kappa shape index (κ2) is 3.75. The first-order chi connectivity index (χ1) is 6.79. The summed E-state index contributed by atoms with van der Waals surface area (Å²) in [6.45, 7) is 0. The predicted molar refractivity (Wildman–Crippen MR) is 58.1 cm³/mol. The van der Waals surface area contributed by atoms with Crippen LogP contribution in [0.15, 0.2) is 39.8 Å². The van der Waals surface area contributed by atoms with Gasteiger partial charge in [-0.3, -0.25) is 0 Å². The Morgan fingerprint density at radius 1 is 1.43 bits per heavy atom. The van der Waals surface area contributed by atoms with Gasteiger partial charge < -0.3 is 10.2 Å². The molecular weight excluding hydrogens is 196 g/mol. The third kappa shape index (κ3) is 1.75. The fraction of sp³-hybridized carbons (Fsp3) is 0.100. The van der Waals surface area contributed by atoms with Crippen LogP contribution in [0.3, 0.4) is 0 Å². The second-order valence-corrected chi connectivity index (χ2v) is 3.67. The molecule has 0 saturated heterocycles. The zero-order valence-corrected chi connectivity index (χ0v) is 8.54. The van der Waals surface area contributed by atoms with Crippen molar-refractivity contribution in [2.75, 3.05) is 12.0 Å². The molecular formula is C10H10N2OS. The maximum Gasteiger partial charge on any atom is 0.152 e. The van der Waals surface area contributed by atoms with Crippen LogP contribution < -0.4 is 5.73 Å². The van der Waals surface area contributed by atoms with E-state index in [0.29, 0.717) is 5.82 Å². The molecule has 0 spiro atoms. The summed E-state index contributed by atoms with van der Waals surface area (Å²) in [7, 11) is 0. The SMILES string of the molecule is CSc1cc(N)nc(-c2ccco2)c1. The molecule has 0 unspecified atom stereocenters. The molecule has 0 aromatic carbocycles. The molecule has 0 radical (unpaired) electrons. The number of thioether (sulfide) groups is 1. The summed E-state index contributed by atoms with van der Waals surface area (Å²) >= 11 is 1.63. The molecule has 3 nitrogen and oxygen atoms in total. The van der Waals surface area contributed by atoms with Gasteiger partial charge in [0, 0.05) is 4.90 Å². The molecule has 72 valence electrons. The van der Waals surface area contributed by atoms with Gasteiger partial charge in [0.2, 0.25) is 0 Å². The number of nitrogens with two attached hydrogens (primary N) is 1. The van der Waals surface area contributed by atoms with Crippen molar-refractivity contribution in [2.45, 2.75) is 4.90 Å². The molecule has 2 aromatic rings. The van der Waals surface area contributed by atoms with E-state index < -0.39 is 0 Å². The lowest BCUT2D eigenvalue weighted by Crippen LogP contribution is -1.92. The lowest BCUT2D eigenvalue weighted by atomic mass is 10.3. The fourth-order valence-corrected chi connectivity index (χ4v) is 1.66. The van der Waals surface area contributed by atoms with Gasteiger partial charge in [0.25, 0.3) is 0 Å². The molecule has 0 atom stereocenters. The van der Waals surface area contributed by atoms with Crippen molar-refractivity contribution in [1.82, 2.24) is 4.98 Å². The average Bonchev–Trinajstić information content (AvgIpc) is 2.69. The minimum absolute atomic E-state index is 0.517. The Hall–Kier alpha value is -1.42. The Bertz CT molecular complexity index is 426. The van der Waals surface area contributed by atoms with Gasteiger partial charge in [0.05, 0.1) is 6.26 Å². The van der Waals surface area contributed by atoms with Crippen LogP contribution in [0.2, 0.25) is 0 Å². The van der Waals surface area contributed by atoms with E-state index in [0.717, 1.165) is 16.3 Å². The number of anilines is 1. The van der Waals surface area contributed by atoms with E-state index >= 15 is 0 Å². The van der Waals surface area contributed by atoms with Gasteiger partial charge in [0.1, 0.15) is 11.5 Å². The first-order valence-electron chi connectivity index (χ1n) is 4.15. The summed E-state index contributed by atoms with van der Waals surface area (Å²) in [5.74, 6) is 1.26. The number of nitrogens with zero attached hydrogens (tertiary/aromatic N) is 1. The van der Waals surface area contributed by atoms with Gasteiger partial charge >= 0.3 is 0 Å². The van der Waals surface area contributed by atoms with Crippen molar-refractivity contribution in [3.8, 4) is 11.5 Å². The molecule has 4 heteroatoms. The van der Waals surface area contributed by atoms with Gasteiger partial charge in [-0.25, -0.2) is 4.98 Å². The Balaban J connectivity index is 2.48. The Labute approximate surface area is 86.3 Å². The smallest absolute Gasteiger partial charge is 0.152 e. The quantitative estimate of drug-likeness (QED) is 0.767. The first-order valence-corrected chi connectivity index (χ1v) is 5.37. The maximum atomic E-state index is 5.67. The van der Waals surface area contributed by atoms with E-state index in [1.165, 1.54) is 0 Å². The van der Waals surface area contributed by atoms with Gasteiger partial charge in [0.15, 0.2) is 5.76 Å².